The zero-order valence-corrected chi connectivity index (χ0v) is 14.4. The van der Waals surface area contributed by atoms with Gasteiger partial charge in [-0.25, -0.2) is 9.37 Å². The van der Waals surface area contributed by atoms with E-state index in [0.717, 1.165) is 23.7 Å². The maximum atomic E-state index is 13.7. The molecule has 0 spiro atoms. The highest BCUT2D eigenvalue weighted by Crippen LogP contribution is 2.38. The van der Waals surface area contributed by atoms with Crippen LogP contribution in [0.15, 0.2) is 16.6 Å². The van der Waals surface area contributed by atoms with E-state index in [4.69, 9.17) is 11.6 Å². The minimum Gasteiger partial charge on any atom is -0.324 e. The van der Waals surface area contributed by atoms with Gasteiger partial charge >= 0.3 is 0 Å². The molecule has 1 fully saturated rings. The van der Waals surface area contributed by atoms with Crippen LogP contribution in [0.1, 0.15) is 50.9 Å². The third-order valence-electron chi connectivity index (χ3n) is 4.62. The molecule has 0 aliphatic heterocycles. The molecular weight excluding hydrogens is 355 g/mol. The minimum atomic E-state index is -0.275. The van der Waals surface area contributed by atoms with E-state index in [9.17, 15) is 4.39 Å². The molecule has 0 radical (unpaired) electrons. The Balaban J connectivity index is 2.09. The molecule has 5 heteroatoms. The van der Waals surface area contributed by atoms with Gasteiger partial charge in [0.2, 0.25) is 0 Å². The number of halogens is 3. The first kappa shape index (κ1) is 15.3. The molecule has 21 heavy (non-hydrogen) atoms. The third kappa shape index (κ3) is 2.85. The lowest BCUT2D eigenvalue weighted by molar-refractivity contribution is 0.262. The van der Waals surface area contributed by atoms with Crippen LogP contribution in [0.3, 0.4) is 0 Å². The summed E-state index contributed by atoms with van der Waals surface area (Å²) in [4.78, 5) is 4.53. The number of hydrogen-bond donors (Lipinski definition) is 0. The van der Waals surface area contributed by atoms with Crippen LogP contribution in [0.2, 0.25) is 0 Å². The van der Waals surface area contributed by atoms with Crippen molar-refractivity contribution in [2.24, 2.45) is 5.92 Å². The predicted octanol–water partition coefficient (Wildman–Crippen LogP) is 5.82. The Hall–Kier alpha value is -0.610. The zero-order valence-electron chi connectivity index (χ0n) is 12.1. The van der Waals surface area contributed by atoms with E-state index in [1.807, 2.05) is 6.07 Å². The van der Waals surface area contributed by atoms with E-state index < -0.39 is 0 Å². The smallest absolute Gasteiger partial charge is 0.139 e. The van der Waals surface area contributed by atoms with Gasteiger partial charge in [0.05, 0.1) is 21.4 Å². The van der Waals surface area contributed by atoms with Crippen molar-refractivity contribution in [3.63, 3.8) is 0 Å². The highest BCUT2D eigenvalue weighted by atomic mass is 79.9. The SMILES string of the molecule is CCC1CCCC(n2c(CCl)nc3cc(F)c(Br)cc32)C1. The quantitative estimate of drug-likeness (QED) is 0.620. The molecule has 2 aromatic rings. The van der Waals surface area contributed by atoms with Gasteiger partial charge in [0, 0.05) is 12.1 Å². The molecule has 2 nitrogen and oxygen atoms in total. The van der Waals surface area contributed by atoms with Crippen molar-refractivity contribution in [3.8, 4) is 0 Å². The number of hydrogen-bond acceptors (Lipinski definition) is 1. The van der Waals surface area contributed by atoms with Gasteiger partial charge in [-0.05, 0) is 40.8 Å². The minimum absolute atomic E-state index is 0.275. The lowest BCUT2D eigenvalue weighted by Gasteiger charge is -2.30. The van der Waals surface area contributed by atoms with Gasteiger partial charge in [0.25, 0.3) is 0 Å². The van der Waals surface area contributed by atoms with Crippen molar-refractivity contribution in [1.29, 1.82) is 0 Å². The number of aromatic nitrogens is 2. The number of alkyl halides is 1. The molecule has 1 saturated carbocycles. The first-order valence-corrected chi connectivity index (χ1v) is 8.88. The first-order chi connectivity index (χ1) is 10.1. The Labute approximate surface area is 137 Å². The topological polar surface area (TPSA) is 17.8 Å². The molecule has 0 bridgehead atoms. The largest absolute Gasteiger partial charge is 0.324 e. The second kappa shape index (κ2) is 6.25. The van der Waals surface area contributed by atoms with Crippen molar-refractivity contribution >= 4 is 38.6 Å². The molecule has 1 aromatic carbocycles. The molecule has 1 aliphatic rings. The van der Waals surface area contributed by atoms with Crippen molar-refractivity contribution < 1.29 is 4.39 Å². The normalized spacial score (nSPS) is 22.9. The van der Waals surface area contributed by atoms with E-state index in [0.29, 0.717) is 21.9 Å². The van der Waals surface area contributed by atoms with E-state index in [1.165, 1.54) is 31.7 Å². The lowest BCUT2D eigenvalue weighted by atomic mass is 9.84. The van der Waals surface area contributed by atoms with Crippen LogP contribution in [-0.2, 0) is 5.88 Å². The summed E-state index contributed by atoms with van der Waals surface area (Å²) in [5.41, 5.74) is 1.69. The first-order valence-electron chi connectivity index (χ1n) is 7.55. The third-order valence-corrected chi connectivity index (χ3v) is 5.47. The summed E-state index contributed by atoms with van der Waals surface area (Å²) in [5.74, 6) is 1.71. The van der Waals surface area contributed by atoms with E-state index >= 15 is 0 Å². The lowest BCUT2D eigenvalue weighted by Crippen LogP contribution is -2.20. The summed E-state index contributed by atoms with van der Waals surface area (Å²) in [7, 11) is 0. The number of nitrogens with zero attached hydrogens (tertiary/aromatic N) is 2. The molecule has 1 aliphatic carbocycles. The molecule has 1 aromatic heterocycles. The van der Waals surface area contributed by atoms with Gasteiger partial charge in [0.1, 0.15) is 11.6 Å². The highest BCUT2D eigenvalue weighted by molar-refractivity contribution is 9.10. The molecule has 0 saturated heterocycles. The Morgan fingerprint density at radius 2 is 2.24 bits per heavy atom. The van der Waals surface area contributed by atoms with E-state index in [-0.39, 0.29) is 5.82 Å². The van der Waals surface area contributed by atoms with Crippen LogP contribution in [0, 0.1) is 11.7 Å². The summed E-state index contributed by atoms with van der Waals surface area (Å²) < 4.78 is 16.5. The molecule has 1 heterocycles. The van der Waals surface area contributed by atoms with Crippen LogP contribution < -0.4 is 0 Å². The molecular formula is C16H19BrClFN2. The van der Waals surface area contributed by atoms with Crippen LogP contribution in [0.5, 0.6) is 0 Å². The number of fused-ring (bicyclic) bond motifs is 1. The van der Waals surface area contributed by atoms with Gasteiger partial charge in [-0.3, -0.25) is 0 Å². The molecule has 0 amide bonds. The van der Waals surface area contributed by atoms with Gasteiger partial charge in [-0.2, -0.15) is 0 Å². The molecule has 2 unspecified atom stereocenters. The van der Waals surface area contributed by atoms with Crippen molar-refractivity contribution in [2.75, 3.05) is 0 Å². The monoisotopic (exact) mass is 372 g/mol. The summed E-state index contributed by atoms with van der Waals surface area (Å²) >= 11 is 9.37. The molecule has 2 atom stereocenters. The average Bonchev–Trinajstić information content (AvgIpc) is 2.85. The van der Waals surface area contributed by atoms with Crippen LogP contribution >= 0.6 is 27.5 Å². The Kier molecular flexibility index (Phi) is 4.55. The second-order valence-electron chi connectivity index (χ2n) is 5.88. The fourth-order valence-electron chi connectivity index (χ4n) is 3.51. The van der Waals surface area contributed by atoms with Crippen LogP contribution in [0.4, 0.5) is 4.39 Å². The molecule has 3 rings (SSSR count). The van der Waals surface area contributed by atoms with Gasteiger partial charge < -0.3 is 4.57 Å². The van der Waals surface area contributed by atoms with Crippen molar-refractivity contribution in [3.05, 3.63) is 28.2 Å². The number of benzene rings is 1. The molecule has 0 N–H and O–H groups in total. The van der Waals surface area contributed by atoms with Gasteiger partial charge in [0.15, 0.2) is 0 Å². The highest BCUT2D eigenvalue weighted by Gasteiger charge is 2.26. The Morgan fingerprint density at radius 3 is 2.95 bits per heavy atom. The van der Waals surface area contributed by atoms with E-state index in [2.05, 4.69) is 32.4 Å². The average molecular weight is 374 g/mol. The fourth-order valence-corrected chi connectivity index (χ4v) is 4.03. The fraction of sp³-hybridized carbons (Fsp3) is 0.562. The summed E-state index contributed by atoms with van der Waals surface area (Å²) in [6, 6.07) is 3.76. The maximum absolute atomic E-state index is 13.7. The summed E-state index contributed by atoms with van der Waals surface area (Å²) in [5, 5.41) is 0. The van der Waals surface area contributed by atoms with Crippen LogP contribution in [0.25, 0.3) is 11.0 Å². The summed E-state index contributed by atoms with van der Waals surface area (Å²) in [6.07, 6.45) is 6.10. The Morgan fingerprint density at radius 1 is 1.43 bits per heavy atom. The Bertz CT molecular complexity index is 655. The standard InChI is InChI=1S/C16H19BrClFN2/c1-2-10-4-3-5-11(6-10)21-15-7-12(17)13(19)8-14(15)20-16(21)9-18/h7-8,10-11H,2-6,9H2,1H3. The van der Waals surface area contributed by atoms with Gasteiger partial charge in [-0.15, -0.1) is 11.6 Å². The van der Waals surface area contributed by atoms with Crippen molar-refractivity contribution in [2.45, 2.75) is 50.9 Å². The van der Waals surface area contributed by atoms with E-state index in [1.54, 1.807) is 0 Å². The maximum Gasteiger partial charge on any atom is 0.139 e. The number of imidazole rings is 1. The summed E-state index contributed by atoms with van der Waals surface area (Å²) in [6.45, 7) is 2.26. The second-order valence-corrected chi connectivity index (χ2v) is 7.00. The predicted molar refractivity (Wildman–Crippen MR) is 88.2 cm³/mol. The molecule has 114 valence electrons. The van der Waals surface area contributed by atoms with Gasteiger partial charge in [-0.1, -0.05) is 26.2 Å². The number of rotatable bonds is 3. The zero-order chi connectivity index (χ0) is 15.0. The van der Waals surface area contributed by atoms with Crippen molar-refractivity contribution in [1.82, 2.24) is 9.55 Å². The van der Waals surface area contributed by atoms with Crippen LogP contribution in [-0.4, -0.2) is 9.55 Å².